The number of aryl methyl sites for hydroxylation is 1. The number of amides is 1. The third-order valence-electron chi connectivity index (χ3n) is 4.83. The number of aromatic nitrogens is 1. The van der Waals surface area contributed by atoms with E-state index in [9.17, 15) is 9.90 Å². The first-order chi connectivity index (χ1) is 13.6. The normalized spacial score (nSPS) is 19.3. The molecule has 1 amide bonds. The Morgan fingerprint density at radius 2 is 2.04 bits per heavy atom. The number of carbonyl (C=O) groups is 1. The van der Waals surface area contributed by atoms with E-state index in [4.69, 9.17) is 8.94 Å². The topological polar surface area (TPSA) is 79.7 Å². The zero-order valence-corrected chi connectivity index (χ0v) is 16.4. The van der Waals surface area contributed by atoms with Gasteiger partial charge in [-0.25, -0.2) is 0 Å². The molecule has 0 radical (unpaired) electrons. The van der Waals surface area contributed by atoms with Gasteiger partial charge in [0, 0.05) is 36.4 Å². The maximum Gasteiger partial charge on any atom is 0.289 e. The molecule has 0 saturated carbocycles. The first-order valence-electron chi connectivity index (χ1n) is 9.24. The van der Waals surface area contributed by atoms with Crippen LogP contribution in [0.5, 0.6) is 0 Å². The molecule has 0 aliphatic carbocycles. The van der Waals surface area contributed by atoms with Gasteiger partial charge in [0.1, 0.15) is 11.5 Å². The standard InChI is InChI=1S/C21H22N2O4S/c1-14-9-17(27-22-14)10-15-11-23(12-19(15)24)21(25)20-8-7-16(26-20)13-28-18-5-3-2-4-6-18/h2-9,15,19,24H,10-13H2,1H3/t15-,19-/m1/s1. The summed E-state index contributed by atoms with van der Waals surface area (Å²) in [6, 6.07) is 15.5. The van der Waals surface area contributed by atoms with E-state index in [1.165, 1.54) is 0 Å². The monoisotopic (exact) mass is 398 g/mol. The van der Waals surface area contributed by atoms with E-state index >= 15 is 0 Å². The molecule has 1 aromatic carbocycles. The molecule has 0 spiro atoms. The van der Waals surface area contributed by atoms with Gasteiger partial charge >= 0.3 is 0 Å². The lowest BCUT2D eigenvalue weighted by molar-refractivity contribution is 0.0732. The van der Waals surface area contributed by atoms with Gasteiger partial charge in [0.2, 0.25) is 0 Å². The fraction of sp³-hybridized carbons (Fsp3) is 0.333. The third-order valence-corrected chi connectivity index (χ3v) is 5.86. The Kier molecular flexibility index (Phi) is 5.54. The quantitative estimate of drug-likeness (QED) is 0.640. The van der Waals surface area contributed by atoms with Crippen molar-refractivity contribution in [1.29, 1.82) is 0 Å². The largest absolute Gasteiger partial charge is 0.455 e. The van der Waals surface area contributed by atoms with Gasteiger partial charge in [-0.15, -0.1) is 11.8 Å². The van der Waals surface area contributed by atoms with Crippen LogP contribution in [0.1, 0.15) is 27.8 Å². The van der Waals surface area contributed by atoms with Crippen molar-refractivity contribution in [3.05, 3.63) is 71.5 Å². The Balaban J connectivity index is 1.35. The van der Waals surface area contributed by atoms with E-state index in [2.05, 4.69) is 5.16 Å². The number of benzene rings is 1. The maximum absolute atomic E-state index is 12.8. The van der Waals surface area contributed by atoms with E-state index < -0.39 is 6.10 Å². The van der Waals surface area contributed by atoms with Gasteiger partial charge in [-0.2, -0.15) is 0 Å². The van der Waals surface area contributed by atoms with Crippen LogP contribution in [0.25, 0.3) is 0 Å². The Bertz CT molecular complexity index is 937. The summed E-state index contributed by atoms with van der Waals surface area (Å²) in [6.07, 6.45) is -0.0273. The second kappa shape index (κ2) is 8.24. The van der Waals surface area contributed by atoms with Crippen molar-refractivity contribution in [2.24, 2.45) is 5.92 Å². The number of carbonyl (C=O) groups excluding carboxylic acids is 1. The van der Waals surface area contributed by atoms with E-state index in [0.29, 0.717) is 31.0 Å². The molecule has 1 aliphatic rings. The van der Waals surface area contributed by atoms with Crippen LogP contribution in [0.4, 0.5) is 0 Å². The van der Waals surface area contributed by atoms with Crippen molar-refractivity contribution in [1.82, 2.24) is 10.1 Å². The van der Waals surface area contributed by atoms with Gasteiger partial charge in [0.05, 0.1) is 17.6 Å². The SMILES string of the molecule is Cc1cc(C[C@@H]2CN(C(=O)c3ccc(CSc4ccccc4)o3)C[C@H]2O)on1. The highest BCUT2D eigenvalue weighted by Crippen LogP contribution is 2.26. The first kappa shape index (κ1) is 18.8. The number of aliphatic hydroxyl groups is 1. The minimum absolute atomic E-state index is 0.0700. The molecule has 7 heteroatoms. The number of likely N-dealkylation sites (tertiary alicyclic amines) is 1. The lowest BCUT2D eigenvalue weighted by Gasteiger charge is -2.14. The van der Waals surface area contributed by atoms with Crippen LogP contribution in [-0.2, 0) is 12.2 Å². The van der Waals surface area contributed by atoms with Crippen LogP contribution >= 0.6 is 11.8 Å². The zero-order chi connectivity index (χ0) is 19.5. The molecule has 1 N–H and O–H groups in total. The lowest BCUT2D eigenvalue weighted by Crippen LogP contribution is -2.29. The lowest BCUT2D eigenvalue weighted by atomic mass is 10.0. The summed E-state index contributed by atoms with van der Waals surface area (Å²) in [4.78, 5) is 15.6. The molecule has 1 fully saturated rings. The number of thioether (sulfide) groups is 1. The van der Waals surface area contributed by atoms with Gasteiger partial charge < -0.3 is 18.9 Å². The second-order valence-corrected chi connectivity index (χ2v) is 8.09. The highest BCUT2D eigenvalue weighted by molar-refractivity contribution is 7.98. The molecular formula is C21H22N2O4S. The summed E-state index contributed by atoms with van der Waals surface area (Å²) >= 11 is 1.66. The highest BCUT2D eigenvalue weighted by Gasteiger charge is 2.36. The Morgan fingerprint density at radius 1 is 1.21 bits per heavy atom. The summed E-state index contributed by atoms with van der Waals surface area (Å²) in [5, 5.41) is 14.2. The van der Waals surface area contributed by atoms with Crippen LogP contribution in [0.2, 0.25) is 0 Å². The molecule has 146 valence electrons. The molecule has 3 heterocycles. The van der Waals surface area contributed by atoms with Crippen molar-refractivity contribution in [3.63, 3.8) is 0 Å². The van der Waals surface area contributed by atoms with Gasteiger partial charge in [0.25, 0.3) is 5.91 Å². The molecule has 2 aromatic heterocycles. The number of hydrogen-bond acceptors (Lipinski definition) is 6. The maximum atomic E-state index is 12.8. The average Bonchev–Trinajstić information content (AvgIpc) is 3.42. The molecule has 28 heavy (non-hydrogen) atoms. The van der Waals surface area contributed by atoms with Crippen LogP contribution in [0, 0.1) is 12.8 Å². The van der Waals surface area contributed by atoms with Crippen molar-refractivity contribution >= 4 is 17.7 Å². The Labute approximate surface area is 167 Å². The fourth-order valence-corrected chi connectivity index (χ4v) is 4.20. The fourth-order valence-electron chi connectivity index (χ4n) is 3.39. The summed E-state index contributed by atoms with van der Waals surface area (Å²) < 4.78 is 11.0. The number of aliphatic hydroxyl groups excluding tert-OH is 1. The minimum Gasteiger partial charge on any atom is -0.455 e. The Morgan fingerprint density at radius 3 is 2.79 bits per heavy atom. The third kappa shape index (κ3) is 4.31. The van der Waals surface area contributed by atoms with Crippen LogP contribution in [0.15, 0.2) is 62.4 Å². The predicted octanol–water partition coefficient (Wildman–Crippen LogP) is 3.54. The minimum atomic E-state index is -0.586. The number of furan rings is 1. The second-order valence-electron chi connectivity index (χ2n) is 7.04. The molecule has 0 bridgehead atoms. The van der Waals surface area contributed by atoms with E-state index in [1.54, 1.807) is 22.7 Å². The summed E-state index contributed by atoms with van der Waals surface area (Å²) in [5.41, 5.74) is 0.812. The first-order valence-corrected chi connectivity index (χ1v) is 10.2. The van der Waals surface area contributed by atoms with E-state index in [-0.39, 0.29) is 11.8 Å². The van der Waals surface area contributed by atoms with Crippen molar-refractivity contribution < 1.29 is 18.8 Å². The summed E-state index contributed by atoms with van der Waals surface area (Å²) in [7, 11) is 0. The Hall–Kier alpha value is -2.51. The molecule has 4 rings (SSSR count). The van der Waals surface area contributed by atoms with Gasteiger partial charge in [-0.1, -0.05) is 23.4 Å². The molecule has 6 nitrogen and oxygen atoms in total. The molecular weight excluding hydrogens is 376 g/mol. The van der Waals surface area contributed by atoms with Crippen LogP contribution in [0.3, 0.4) is 0 Å². The van der Waals surface area contributed by atoms with Gasteiger partial charge in [0.15, 0.2) is 5.76 Å². The molecule has 1 saturated heterocycles. The van der Waals surface area contributed by atoms with Crippen molar-refractivity contribution in [3.8, 4) is 0 Å². The van der Waals surface area contributed by atoms with E-state index in [1.807, 2.05) is 49.4 Å². The van der Waals surface area contributed by atoms with Crippen molar-refractivity contribution in [2.45, 2.75) is 30.1 Å². The molecule has 0 unspecified atom stereocenters. The zero-order valence-electron chi connectivity index (χ0n) is 15.6. The summed E-state index contributed by atoms with van der Waals surface area (Å²) in [5.74, 6) is 2.20. The van der Waals surface area contributed by atoms with E-state index in [0.717, 1.165) is 22.1 Å². The number of nitrogens with zero attached hydrogens (tertiary/aromatic N) is 2. The van der Waals surface area contributed by atoms with Gasteiger partial charge in [-0.3, -0.25) is 4.79 Å². The van der Waals surface area contributed by atoms with Crippen LogP contribution < -0.4 is 0 Å². The predicted molar refractivity (Wildman–Crippen MR) is 105 cm³/mol. The summed E-state index contributed by atoms with van der Waals surface area (Å²) in [6.45, 7) is 2.62. The average molecular weight is 398 g/mol. The van der Waals surface area contributed by atoms with Crippen molar-refractivity contribution in [2.75, 3.05) is 13.1 Å². The van der Waals surface area contributed by atoms with Crippen LogP contribution in [-0.4, -0.2) is 40.3 Å². The smallest absolute Gasteiger partial charge is 0.289 e. The molecule has 1 aliphatic heterocycles. The number of hydrogen-bond donors (Lipinski definition) is 1. The number of β-amino-alcohol motifs (C(OH)–C–C–N with tert-alkyl or cyclic N) is 1. The number of rotatable bonds is 6. The molecule has 3 aromatic rings. The van der Waals surface area contributed by atoms with Gasteiger partial charge in [-0.05, 0) is 31.2 Å². The molecule has 2 atom stereocenters. The highest BCUT2D eigenvalue weighted by atomic mass is 32.2.